The third kappa shape index (κ3) is 3.15. The fourth-order valence-electron chi connectivity index (χ4n) is 1.20. The lowest BCUT2D eigenvalue weighted by atomic mass is 10.3. The lowest BCUT2D eigenvalue weighted by Gasteiger charge is -2.07. The Bertz CT molecular complexity index is 583. The Kier molecular flexibility index (Phi) is 3.32. The van der Waals surface area contributed by atoms with Crippen molar-refractivity contribution in [3.63, 3.8) is 0 Å². The number of rotatable bonds is 2. The third-order valence-corrected chi connectivity index (χ3v) is 2.04. The van der Waals surface area contributed by atoms with Crippen molar-refractivity contribution in [2.24, 2.45) is 0 Å². The van der Waals surface area contributed by atoms with E-state index in [0.29, 0.717) is 12.1 Å². The molecule has 0 aliphatic rings. The van der Waals surface area contributed by atoms with Gasteiger partial charge in [-0.15, -0.1) is 10.2 Å². The summed E-state index contributed by atoms with van der Waals surface area (Å²) in [6.07, 6.45) is -4.62. The maximum Gasteiger partial charge on any atom is 0.435 e. The monoisotopic (exact) mass is 276 g/mol. The molecule has 19 heavy (non-hydrogen) atoms. The highest BCUT2D eigenvalue weighted by molar-refractivity contribution is 5.28. The van der Waals surface area contributed by atoms with E-state index in [2.05, 4.69) is 10.2 Å². The van der Waals surface area contributed by atoms with Crippen molar-refractivity contribution < 1.29 is 26.7 Å². The number of benzene rings is 1. The second-order valence-corrected chi connectivity index (χ2v) is 3.43. The summed E-state index contributed by atoms with van der Waals surface area (Å²) in [6, 6.07) is 4.04. The molecule has 0 amide bonds. The van der Waals surface area contributed by atoms with Gasteiger partial charge in [-0.1, -0.05) is 0 Å². The highest BCUT2D eigenvalue weighted by atomic mass is 19.4. The number of ether oxygens (including phenoxy) is 1. The van der Waals surface area contributed by atoms with Crippen LogP contribution in [-0.2, 0) is 6.18 Å². The summed E-state index contributed by atoms with van der Waals surface area (Å²) in [5.41, 5.74) is -1.19. The SMILES string of the molecule is Fc1ccc(Oc2ccc(C(F)(F)F)nn2)c(F)c1. The number of hydrogen-bond donors (Lipinski definition) is 0. The minimum Gasteiger partial charge on any atom is -0.434 e. The van der Waals surface area contributed by atoms with Gasteiger partial charge in [0.1, 0.15) is 5.82 Å². The second kappa shape index (κ2) is 4.79. The van der Waals surface area contributed by atoms with Crippen LogP contribution in [-0.4, -0.2) is 10.2 Å². The van der Waals surface area contributed by atoms with E-state index < -0.39 is 23.5 Å². The largest absolute Gasteiger partial charge is 0.435 e. The molecule has 0 fully saturated rings. The molecule has 0 aliphatic heterocycles. The van der Waals surface area contributed by atoms with Gasteiger partial charge in [0.15, 0.2) is 17.3 Å². The van der Waals surface area contributed by atoms with E-state index in [9.17, 15) is 22.0 Å². The normalized spacial score (nSPS) is 11.4. The summed E-state index contributed by atoms with van der Waals surface area (Å²) < 4.78 is 67.3. The molecule has 3 nitrogen and oxygen atoms in total. The molecule has 2 rings (SSSR count). The highest BCUT2D eigenvalue weighted by Crippen LogP contribution is 2.28. The Morgan fingerprint density at radius 3 is 2.21 bits per heavy atom. The van der Waals surface area contributed by atoms with Gasteiger partial charge in [-0.3, -0.25) is 0 Å². The van der Waals surface area contributed by atoms with Crippen LogP contribution in [0.4, 0.5) is 22.0 Å². The number of hydrogen-bond acceptors (Lipinski definition) is 3. The van der Waals surface area contributed by atoms with Crippen molar-refractivity contribution >= 4 is 0 Å². The van der Waals surface area contributed by atoms with Crippen molar-refractivity contribution in [2.45, 2.75) is 6.18 Å². The predicted molar refractivity (Wildman–Crippen MR) is 53.5 cm³/mol. The molecule has 0 saturated heterocycles. The van der Waals surface area contributed by atoms with Gasteiger partial charge in [0.25, 0.3) is 0 Å². The van der Waals surface area contributed by atoms with E-state index in [1.807, 2.05) is 0 Å². The van der Waals surface area contributed by atoms with Crippen molar-refractivity contribution in [3.8, 4) is 11.6 Å². The molecule has 0 unspecified atom stereocenters. The number of nitrogens with zero attached hydrogens (tertiary/aromatic N) is 2. The van der Waals surface area contributed by atoms with Gasteiger partial charge in [-0.05, 0) is 18.2 Å². The first-order valence-corrected chi connectivity index (χ1v) is 4.90. The van der Waals surface area contributed by atoms with Crippen LogP contribution < -0.4 is 4.74 Å². The van der Waals surface area contributed by atoms with Crippen molar-refractivity contribution in [1.82, 2.24) is 10.2 Å². The molecule has 1 aromatic carbocycles. The molecule has 2 aromatic rings. The number of alkyl halides is 3. The average Bonchev–Trinajstić information content (AvgIpc) is 2.32. The van der Waals surface area contributed by atoms with E-state index in [1.165, 1.54) is 0 Å². The Balaban J connectivity index is 2.20. The molecule has 0 atom stereocenters. The van der Waals surface area contributed by atoms with Gasteiger partial charge < -0.3 is 4.74 Å². The summed E-state index contributed by atoms with van der Waals surface area (Å²) in [4.78, 5) is 0. The molecule has 100 valence electrons. The van der Waals surface area contributed by atoms with Crippen LogP contribution in [0.3, 0.4) is 0 Å². The van der Waals surface area contributed by atoms with E-state index in [4.69, 9.17) is 4.74 Å². The topological polar surface area (TPSA) is 35.0 Å². The zero-order valence-corrected chi connectivity index (χ0v) is 9.08. The van der Waals surface area contributed by atoms with Crippen molar-refractivity contribution in [1.29, 1.82) is 0 Å². The first-order chi connectivity index (χ1) is 8.86. The lowest BCUT2D eigenvalue weighted by Crippen LogP contribution is -2.08. The first kappa shape index (κ1) is 13.2. The maximum atomic E-state index is 13.2. The van der Waals surface area contributed by atoms with Crippen LogP contribution in [0.1, 0.15) is 5.69 Å². The zero-order chi connectivity index (χ0) is 14.0. The molecule has 1 aromatic heterocycles. The van der Waals surface area contributed by atoms with E-state index >= 15 is 0 Å². The molecule has 0 spiro atoms. The van der Waals surface area contributed by atoms with Crippen LogP contribution in [0.15, 0.2) is 30.3 Å². The molecule has 0 radical (unpaired) electrons. The molecule has 0 aliphatic carbocycles. The average molecular weight is 276 g/mol. The molecular weight excluding hydrogens is 271 g/mol. The van der Waals surface area contributed by atoms with Crippen molar-refractivity contribution in [2.75, 3.05) is 0 Å². The number of halogens is 5. The minimum atomic E-state index is -4.62. The zero-order valence-electron chi connectivity index (χ0n) is 9.08. The fraction of sp³-hybridized carbons (Fsp3) is 0.0909. The second-order valence-electron chi connectivity index (χ2n) is 3.43. The van der Waals surface area contributed by atoms with Crippen LogP contribution in [0.5, 0.6) is 11.6 Å². The smallest absolute Gasteiger partial charge is 0.434 e. The van der Waals surface area contributed by atoms with Crippen LogP contribution in [0.25, 0.3) is 0 Å². The molecular formula is C11H5F5N2O. The Morgan fingerprint density at radius 2 is 1.68 bits per heavy atom. The van der Waals surface area contributed by atoms with Gasteiger partial charge >= 0.3 is 6.18 Å². The maximum absolute atomic E-state index is 13.2. The fourth-order valence-corrected chi connectivity index (χ4v) is 1.20. The van der Waals surface area contributed by atoms with Crippen molar-refractivity contribution in [3.05, 3.63) is 47.7 Å². The highest BCUT2D eigenvalue weighted by Gasteiger charge is 2.33. The van der Waals surface area contributed by atoms with Crippen LogP contribution in [0.2, 0.25) is 0 Å². The molecule has 0 bridgehead atoms. The summed E-state index contributed by atoms with van der Waals surface area (Å²) in [5.74, 6) is -2.50. The van der Waals surface area contributed by atoms with Gasteiger partial charge in [0.2, 0.25) is 5.88 Å². The van der Waals surface area contributed by atoms with Crippen LogP contribution in [0, 0.1) is 11.6 Å². The van der Waals surface area contributed by atoms with Gasteiger partial charge in [0, 0.05) is 12.1 Å². The van der Waals surface area contributed by atoms with Gasteiger partial charge in [-0.25, -0.2) is 8.78 Å². The Morgan fingerprint density at radius 1 is 0.947 bits per heavy atom. The van der Waals surface area contributed by atoms with Crippen LogP contribution >= 0.6 is 0 Å². The summed E-state index contributed by atoms with van der Waals surface area (Å²) >= 11 is 0. The van der Waals surface area contributed by atoms with Gasteiger partial charge in [0.05, 0.1) is 0 Å². The van der Waals surface area contributed by atoms with E-state index in [0.717, 1.165) is 18.2 Å². The first-order valence-electron chi connectivity index (χ1n) is 4.90. The quantitative estimate of drug-likeness (QED) is 0.786. The number of aromatic nitrogens is 2. The molecule has 0 saturated carbocycles. The van der Waals surface area contributed by atoms with Gasteiger partial charge in [-0.2, -0.15) is 13.2 Å². The predicted octanol–water partition coefficient (Wildman–Crippen LogP) is 3.57. The summed E-state index contributed by atoms with van der Waals surface area (Å²) in [5, 5.41) is 6.05. The molecule has 1 heterocycles. The third-order valence-electron chi connectivity index (χ3n) is 2.04. The Hall–Kier alpha value is -2.25. The lowest BCUT2D eigenvalue weighted by molar-refractivity contribution is -0.141. The molecule has 8 heteroatoms. The summed E-state index contributed by atoms with van der Waals surface area (Å²) in [7, 11) is 0. The Labute approximate surface area is 103 Å². The van der Waals surface area contributed by atoms with E-state index in [-0.39, 0.29) is 11.6 Å². The minimum absolute atomic E-state index is 0.335. The standard InChI is InChI=1S/C11H5F5N2O/c12-6-1-2-8(7(13)5-6)19-10-4-3-9(17-18-10)11(14,15)16/h1-5H. The molecule has 0 N–H and O–H groups in total. The van der Waals surface area contributed by atoms with E-state index in [1.54, 1.807) is 0 Å². The summed E-state index contributed by atoms with van der Waals surface area (Å²) in [6.45, 7) is 0.